The van der Waals surface area contributed by atoms with Gasteiger partial charge in [0.05, 0.1) is 12.3 Å². The molecule has 24 heavy (non-hydrogen) atoms. The Hall–Kier alpha value is -2.21. The van der Waals surface area contributed by atoms with Gasteiger partial charge >= 0.3 is 0 Å². The second-order valence-electron chi connectivity index (χ2n) is 5.82. The van der Waals surface area contributed by atoms with Crippen LogP contribution in [0.1, 0.15) is 28.4 Å². The summed E-state index contributed by atoms with van der Waals surface area (Å²) in [6.45, 7) is 2.63. The Kier molecular flexibility index (Phi) is 3.84. The summed E-state index contributed by atoms with van der Waals surface area (Å²) in [5.74, 6) is 1.42. The lowest BCUT2D eigenvalue weighted by molar-refractivity contribution is -0.0179. The fraction of sp³-hybridized carbons (Fsp3) is 0.222. The zero-order chi connectivity index (χ0) is 16.7. The molecule has 2 aliphatic rings. The number of halogens is 1. The average molecular weight is 346 g/mol. The van der Waals surface area contributed by atoms with Crippen molar-refractivity contribution in [3.8, 4) is 11.5 Å². The summed E-state index contributed by atoms with van der Waals surface area (Å²) in [4.78, 5) is 0. The molecule has 2 N–H and O–H groups in total. The van der Waals surface area contributed by atoms with Gasteiger partial charge in [0.1, 0.15) is 17.6 Å². The molecule has 0 spiro atoms. The van der Waals surface area contributed by atoms with Crippen LogP contribution in [0.3, 0.4) is 0 Å². The predicted molar refractivity (Wildman–Crippen MR) is 89.2 cm³/mol. The number of hydrogen-bond acceptors (Lipinski definition) is 5. The van der Waals surface area contributed by atoms with Crippen molar-refractivity contribution in [2.75, 3.05) is 6.79 Å². The van der Waals surface area contributed by atoms with Crippen LogP contribution in [-0.4, -0.2) is 12.0 Å². The van der Waals surface area contributed by atoms with Crippen LogP contribution in [0.5, 0.6) is 11.5 Å². The van der Waals surface area contributed by atoms with E-state index in [1.165, 1.54) is 0 Å². The summed E-state index contributed by atoms with van der Waals surface area (Å²) in [6, 6.07) is 9.47. The van der Waals surface area contributed by atoms with E-state index in [1.807, 2.05) is 43.3 Å². The molecule has 0 bridgehead atoms. The Balaban J connectivity index is 1.82. The van der Waals surface area contributed by atoms with Crippen LogP contribution >= 0.6 is 11.6 Å². The normalized spacial score (nSPS) is 18.6. The molecule has 4 rings (SSSR count). The number of ether oxygens (including phenoxy) is 3. The molecule has 0 aliphatic carbocycles. The van der Waals surface area contributed by atoms with Crippen molar-refractivity contribution >= 4 is 17.3 Å². The third kappa shape index (κ3) is 2.60. The summed E-state index contributed by atoms with van der Waals surface area (Å²) in [5, 5.41) is 10.1. The van der Waals surface area contributed by atoms with E-state index in [0.717, 1.165) is 28.0 Å². The van der Waals surface area contributed by atoms with Crippen LogP contribution in [0.25, 0.3) is 5.70 Å². The van der Waals surface area contributed by atoms with Crippen LogP contribution in [0.4, 0.5) is 0 Å². The van der Waals surface area contributed by atoms with Crippen LogP contribution < -0.4 is 15.0 Å². The van der Waals surface area contributed by atoms with E-state index in [-0.39, 0.29) is 6.79 Å². The second-order valence-corrected chi connectivity index (χ2v) is 6.26. The van der Waals surface area contributed by atoms with E-state index in [9.17, 15) is 5.21 Å². The van der Waals surface area contributed by atoms with Gasteiger partial charge in [-0.3, -0.25) is 10.7 Å². The number of nitrogens with one attached hydrogen (secondary N) is 1. The minimum Gasteiger partial charge on any atom is -0.481 e. The van der Waals surface area contributed by atoms with Crippen LogP contribution in [-0.2, 0) is 11.3 Å². The smallest absolute Gasteiger partial charge is 0.189 e. The molecule has 2 aromatic carbocycles. The molecule has 0 amide bonds. The van der Waals surface area contributed by atoms with Gasteiger partial charge in [0.25, 0.3) is 0 Å². The van der Waals surface area contributed by atoms with Gasteiger partial charge in [-0.15, -0.1) is 0 Å². The largest absolute Gasteiger partial charge is 0.481 e. The highest BCUT2D eigenvalue weighted by Gasteiger charge is 2.27. The highest BCUT2D eigenvalue weighted by atomic mass is 35.5. The van der Waals surface area contributed by atoms with Gasteiger partial charge in [-0.2, -0.15) is 0 Å². The molecule has 5 nitrogen and oxygen atoms in total. The Morgan fingerprint density at radius 3 is 2.96 bits per heavy atom. The molecular formula is C18H16ClNO4. The number of rotatable bonds is 2. The van der Waals surface area contributed by atoms with Crippen molar-refractivity contribution in [3.63, 3.8) is 0 Å². The number of aryl methyl sites for hydroxylation is 1. The SMILES string of the molecule is Cc1ccc2c(c1)O[C@@H](c1cc(Cl)cc3c1OCOC3)C=C2NO. The maximum absolute atomic E-state index is 9.51. The van der Waals surface area contributed by atoms with Crippen molar-refractivity contribution in [1.29, 1.82) is 0 Å². The van der Waals surface area contributed by atoms with E-state index in [4.69, 9.17) is 25.8 Å². The molecule has 2 aromatic rings. The standard InChI is InChI=1S/C18H16ClNO4/c1-10-2-3-13-15(20-21)7-17(24-16(13)4-10)14-6-12(19)5-11-8-22-9-23-18(11)14/h2-7,17,20-21H,8-9H2,1H3/t17-/m1/s1. The quantitative estimate of drug-likeness (QED) is 0.806. The third-order valence-corrected chi connectivity index (χ3v) is 4.35. The fourth-order valence-corrected chi connectivity index (χ4v) is 3.28. The van der Waals surface area contributed by atoms with Gasteiger partial charge in [0.15, 0.2) is 6.79 Å². The summed E-state index contributed by atoms with van der Waals surface area (Å²) < 4.78 is 17.1. The van der Waals surface area contributed by atoms with Crippen LogP contribution in [0.2, 0.25) is 5.02 Å². The van der Waals surface area contributed by atoms with Gasteiger partial charge in [-0.25, -0.2) is 0 Å². The minimum atomic E-state index is -0.431. The molecule has 0 aromatic heterocycles. The van der Waals surface area contributed by atoms with E-state index >= 15 is 0 Å². The van der Waals surface area contributed by atoms with Gasteiger partial charge in [-0.05, 0) is 42.8 Å². The first-order valence-corrected chi connectivity index (χ1v) is 7.96. The predicted octanol–water partition coefficient (Wildman–Crippen LogP) is 3.97. The fourth-order valence-electron chi connectivity index (χ4n) is 3.03. The highest BCUT2D eigenvalue weighted by molar-refractivity contribution is 6.30. The maximum atomic E-state index is 9.51. The molecule has 0 saturated carbocycles. The topological polar surface area (TPSA) is 60.0 Å². The van der Waals surface area contributed by atoms with Crippen molar-refractivity contribution in [2.45, 2.75) is 19.6 Å². The Bertz CT molecular complexity index is 834. The van der Waals surface area contributed by atoms with E-state index in [0.29, 0.717) is 23.1 Å². The van der Waals surface area contributed by atoms with Gasteiger partial charge in [-0.1, -0.05) is 17.7 Å². The van der Waals surface area contributed by atoms with Crippen molar-refractivity contribution in [3.05, 3.63) is 63.7 Å². The molecule has 124 valence electrons. The van der Waals surface area contributed by atoms with E-state index in [1.54, 1.807) is 0 Å². The molecule has 2 heterocycles. The maximum Gasteiger partial charge on any atom is 0.189 e. The van der Waals surface area contributed by atoms with Crippen LogP contribution in [0.15, 0.2) is 36.4 Å². The highest BCUT2D eigenvalue weighted by Crippen LogP contribution is 2.42. The molecule has 1 atom stereocenters. The summed E-state index contributed by atoms with van der Waals surface area (Å²) in [5.41, 5.74) is 6.41. The molecule has 0 radical (unpaired) electrons. The number of hydrogen-bond donors (Lipinski definition) is 2. The van der Waals surface area contributed by atoms with Gasteiger partial charge in [0.2, 0.25) is 0 Å². The lowest BCUT2D eigenvalue weighted by Crippen LogP contribution is -2.20. The van der Waals surface area contributed by atoms with Gasteiger partial charge < -0.3 is 14.2 Å². The summed E-state index contributed by atoms with van der Waals surface area (Å²) in [6.07, 6.45) is 1.38. The molecule has 0 fully saturated rings. The molecule has 0 unspecified atom stereocenters. The molecular weight excluding hydrogens is 330 g/mol. The third-order valence-electron chi connectivity index (χ3n) is 4.13. The average Bonchev–Trinajstić information content (AvgIpc) is 2.59. The van der Waals surface area contributed by atoms with E-state index < -0.39 is 6.10 Å². The Morgan fingerprint density at radius 2 is 2.12 bits per heavy atom. The first-order chi connectivity index (χ1) is 11.7. The minimum absolute atomic E-state index is 0.193. The first kappa shape index (κ1) is 15.3. The summed E-state index contributed by atoms with van der Waals surface area (Å²) >= 11 is 6.24. The molecule has 2 aliphatic heterocycles. The zero-order valence-corrected chi connectivity index (χ0v) is 13.8. The lowest BCUT2D eigenvalue weighted by Gasteiger charge is -2.29. The summed E-state index contributed by atoms with van der Waals surface area (Å²) in [7, 11) is 0. The Morgan fingerprint density at radius 1 is 1.25 bits per heavy atom. The molecule has 6 heteroatoms. The van der Waals surface area contributed by atoms with Crippen molar-refractivity contribution in [1.82, 2.24) is 5.48 Å². The van der Waals surface area contributed by atoms with Crippen LogP contribution in [0, 0.1) is 6.92 Å². The first-order valence-electron chi connectivity index (χ1n) is 7.58. The van der Waals surface area contributed by atoms with Crippen molar-refractivity contribution < 1.29 is 19.4 Å². The van der Waals surface area contributed by atoms with Crippen molar-refractivity contribution in [2.24, 2.45) is 0 Å². The molecule has 0 saturated heterocycles. The number of fused-ring (bicyclic) bond motifs is 2. The Labute approximate surface area is 144 Å². The second kappa shape index (κ2) is 6.02. The van der Waals surface area contributed by atoms with E-state index in [2.05, 4.69) is 5.48 Å². The number of hydroxylamine groups is 1. The number of benzene rings is 2. The zero-order valence-electron chi connectivity index (χ0n) is 13.0. The lowest BCUT2D eigenvalue weighted by atomic mass is 9.98. The van der Waals surface area contributed by atoms with Gasteiger partial charge in [0, 0.05) is 21.7 Å². The monoisotopic (exact) mass is 345 g/mol.